The van der Waals surface area contributed by atoms with Crippen LogP contribution < -0.4 is 5.32 Å². The van der Waals surface area contributed by atoms with E-state index in [4.69, 9.17) is 33.2 Å². The molecule has 0 saturated carbocycles. The van der Waals surface area contributed by atoms with Crippen LogP contribution in [-0.4, -0.2) is 26.2 Å². The molecule has 0 heterocycles. The summed E-state index contributed by atoms with van der Waals surface area (Å²) in [7, 11) is 1.53. The zero-order valence-corrected chi connectivity index (χ0v) is 11.8. The van der Waals surface area contributed by atoms with Gasteiger partial charge >= 0.3 is 0 Å². The SMILES string of the molecule is COCCNC(=O)/C(C#N)=C/c1ccc(Cl)cc1Cl. The van der Waals surface area contributed by atoms with Crippen LogP contribution in [-0.2, 0) is 9.53 Å². The van der Waals surface area contributed by atoms with E-state index in [-0.39, 0.29) is 5.57 Å². The predicted octanol–water partition coefficient (Wildman–Crippen LogP) is 2.66. The summed E-state index contributed by atoms with van der Waals surface area (Å²) in [5.41, 5.74) is 0.532. The second-order valence-corrected chi connectivity index (χ2v) is 4.43. The first-order chi connectivity index (χ1) is 9.08. The van der Waals surface area contributed by atoms with Gasteiger partial charge in [-0.15, -0.1) is 0 Å². The number of nitrogens with zero attached hydrogens (tertiary/aromatic N) is 1. The van der Waals surface area contributed by atoms with Crippen molar-refractivity contribution in [1.29, 1.82) is 5.26 Å². The van der Waals surface area contributed by atoms with Gasteiger partial charge in [-0.25, -0.2) is 0 Å². The smallest absolute Gasteiger partial charge is 0.262 e. The third kappa shape index (κ3) is 4.92. The first-order valence-electron chi connectivity index (χ1n) is 5.42. The minimum Gasteiger partial charge on any atom is -0.383 e. The highest BCUT2D eigenvalue weighted by Crippen LogP contribution is 2.23. The van der Waals surface area contributed by atoms with Gasteiger partial charge in [0.05, 0.1) is 6.61 Å². The number of nitriles is 1. The van der Waals surface area contributed by atoms with E-state index in [0.717, 1.165) is 0 Å². The van der Waals surface area contributed by atoms with Crippen molar-refractivity contribution in [3.8, 4) is 6.07 Å². The zero-order chi connectivity index (χ0) is 14.3. The van der Waals surface area contributed by atoms with Gasteiger partial charge in [-0.3, -0.25) is 4.79 Å². The van der Waals surface area contributed by atoms with Gasteiger partial charge in [-0.2, -0.15) is 5.26 Å². The molecule has 4 nitrogen and oxygen atoms in total. The number of halogens is 2. The maximum atomic E-state index is 11.7. The van der Waals surface area contributed by atoms with Crippen molar-refractivity contribution >= 4 is 35.2 Å². The van der Waals surface area contributed by atoms with Crippen LogP contribution in [0.5, 0.6) is 0 Å². The van der Waals surface area contributed by atoms with E-state index in [2.05, 4.69) is 5.32 Å². The molecular formula is C13H12Cl2N2O2. The molecule has 1 amide bonds. The molecule has 0 aliphatic carbocycles. The Morgan fingerprint density at radius 2 is 2.26 bits per heavy atom. The quantitative estimate of drug-likeness (QED) is 0.516. The molecule has 0 fully saturated rings. The summed E-state index contributed by atoms with van der Waals surface area (Å²) < 4.78 is 4.80. The lowest BCUT2D eigenvalue weighted by Crippen LogP contribution is -2.27. The summed E-state index contributed by atoms with van der Waals surface area (Å²) >= 11 is 11.7. The molecule has 19 heavy (non-hydrogen) atoms. The number of nitrogens with one attached hydrogen (secondary N) is 1. The number of ether oxygens (including phenoxy) is 1. The lowest BCUT2D eigenvalue weighted by Gasteiger charge is -2.04. The predicted molar refractivity (Wildman–Crippen MR) is 74.9 cm³/mol. The summed E-state index contributed by atoms with van der Waals surface area (Å²) in [5, 5.41) is 12.4. The van der Waals surface area contributed by atoms with Crippen molar-refractivity contribution in [3.05, 3.63) is 39.4 Å². The fourth-order valence-electron chi connectivity index (χ4n) is 1.28. The Bertz CT molecular complexity index is 536. The largest absolute Gasteiger partial charge is 0.383 e. The van der Waals surface area contributed by atoms with Gasteiger partial charge in [0.1, 0.15) is 11.6 Å². The Morgan fingerprint density at radius 3 is 2.84 bits per heavy atom. The van der Waals surface area contributed by atoms with Crippen molar-refractivity contribution in [1.82, 2.24) is 5.32 Å². The van der Waals surface area contributed by atoms with E-state index in [1.54, 1.807) is 18.2 Å². The molecule has 0 aromatic heterocycles. The normalized spacial score (nSPS) is 10.9. The summed E-state index contributed by atoms with van der Waals surface area (Å²) in [6.07, 6.45) is 1.42. The average Bonchev–Trinajstić information content (AvgIpc) is 2.38. The third-order valence-electron chi connectivity index (χ3n) is 2.22. The number of methoxy groups -OCH3 is 1. The van der Waals surface area contributed by atoms with Gasteiger partial charge in [0.25, 0.3) is 5.91 Å². The molecule has 6 heteroatoms. The first-order valence-corrected chi connectivity index (χ1v) is 6.18. The molecule has 100 valence electrons. The molecule has 0 radical (unpaired) electrons. The number of hydrogen-bond acceptors (Lipinski definition) is 3. The van der Waals surface area contributed by atoms with Crippen molar-refractivity contribution in [2.45, 2.75) is 0 Å². The highest BCUT2D eigenvalue weighted by molar-refractivity contribution is 6.35. The number of amides is 1. The third-order valence-corrected chi connectivity index (χ3v) is 2.78. The van der Waals surface area contributed by atoms with Gasteiger partial charge in [-0.05, 0) is 23.8 Å². The fraction of sp³-hybridized carbons (Fsp3) is 0.231. The van der Waals surface area contributed by atoms with Crippen LogP contribution in [0.15, 0.2) is 23.8 Å². The van der Waals surface area contributed by atoms with Crippen molar-refractivity contribution < 1.29 is 9.53 Å². The first kappa shape index (κ1) is 15.5. The number of rotatable bonds is 5. The molecule has 1 rings (SSSR count). The van der Waals surface area contributed by atoms with Gasteiger partial charge in [0.2, 0.25) is 0 Å². The highest BCUT2D eigenvalue weighted by atomic mass is 35.5. The van der Waals surface area contributed by atoms with Gasteiger partial charge in [-0.1, -0.05) is 29.3 Å². The van der Waals surface area contributed by atoms with E-state index < -0.39 is 5.91 Å². The van der Waals surface area contributed by atoms with Gasteiger partial charge in [0, 0.05) is 23.7 Å². The van der Waals surface area contributed by atoms with E-state index >= 15 is 0 Å². The lowest BCUT2D eigenvalue weighted by atomic mass is 10.1. The Labute approximate surface area is 121 Å². The minimum absolute atomic E-state index is 0.0275. The second kappa shape index (κ2) is 7.80. The van der Waals surface area contributed by atoms with Crippen molar-refractivity contribution in [2.75, 3.05) is 20.3 Å². The van der Waals surface area contributed by atoms with E-state index in [9.17, 15) is 4.79 Å². The van der Waals surface area contributed by atoms with Crippen molar-refractivity contribution in [2.24, 2.45) is 0 Å². The number of carbonyl (C=O) groups is 1. The number of hydrogen-bond donors (Lipinski definition) is 1. The highest BCUT2D eigenvalue weighted by Gasteiger charge is 2.09. The van der Waals surface area contributed by atoms with Crippen LogP contribution in [0, 0.1) is 11.3 Å². The molecule has 0 aliphatic rings. The van der Waals surface area contributed by atoms with E-state index in [0.29, 0.717) is 28.8 Å². The number of benzene rings is 1. The molecule has 1 aromatic carbocycles. The Balaban J connectivity index is 2.87. The van der Waals surface area contributed by atoms with Gasteiger partial charge in [0.15, 0.2) is 0 Å². The molecule has 0 spiro atoms. The molecule has 1 aromatic rings. The second-order valence-electron chi connectivity index (χ2n) is 3.58. The summed E-state index contributed by atoms with van der Waals surface area (Å²) in [6, 6.07) is 6.66. The van der Waals surface area contributed by atoms with Crippen LogP contribution in [0.3, 0.4) is 0 Å². The van der Waals surface area contributed by atoms with Crippen LogP contribution in [0.2, 0.25) is 10.0 Å². The van der Waals surface area contributed by atoms with Crippen LogP contribution in [0.1, 0.15) is 5.56 Å². The summed E-state index contributed by atoms with van der Waals surface area (Å²) in [6.45, 7) is 0.717. The maximum Gasteiger partial charge on any atom is 0.262 e. The molecule has 0 aliphatic heterocycles. The van der Waals surface area contributed by atoms with E-state index in [1.807, 2.05) is 6.07 Å². The molecule has 0 unspecified atom stereocenters. The number of carbonyl (C=O) groups excluding carboxylic acids is 1. The van der Waals surface area contributed by atoms with Crippen molar-refractivity contribution in [3.63, 3.8) is 0 Å². The Hall–Kier alpha value is -1.54. The topological polar surface area (TPSA) is 62.1 Å². The monoisotopic (exact) mass is 298 g/mol. The van der Waals surface area contributed by atoms with Crippen LogP contribution >= 0.6 is 23.2 Å². The van der Waals surface area contributed by atoms with Crippen LogP contribution in [0.25, 0.3) is 6.08 Å². The maximum absolute atomic E-state index is 11.7. The summed E-state index contributed by atoms with van der Waals surface area (Å²) in [5.74, 6) is -0.467. The molecule has 0 atom stereocenters. The van der Waals surface area contributed by atoms with E-state index in [1.165, 1.54) is 13.2 Å². The Morgan fingerprint density at radius 1 is 1.53 bits per heavy atom. The fourth-order valence-corrected chi connectivity index (χ4v) is 1.75. The molecular weight excluding hydrogens is 287 g/mol. The molecule has 0 bridgehead atoms. The zero-order valence-electron chi connectivity index (χ0n) is 10.2. The van der Waals surface area contributed by atoms with Gasteiger partial charge < -0.3 is 10.1 Å². The molecule has 0 saturated heterocycles. The standard InChI is InChI=1S/C13H12Cl2N2O2/c1-19-5-4-17-13(18)10(8-16)6-9-2-3-11(14)7-12(9)15/h2-3,6-7H,4-5H2,1H3,(H,17,18)/b10-6+. The van der Waals surface area contributed by atoms with Crippen LogP contribution in [0.4, 0.5) is 0 Å². The minimum atomic E-state index is -0.467. The summed E-state index contributed by atoms with van der Waals surface area (Å²) in [4.78, 5) is 11.7. The lowest BCUT2D eigenvalue weighted by molar-refractivity contribution is -0.117. The molecule has 1 N–H and O–H groups in total. The average molecular weight is 299 g/mol. The Kier molecular flexibility index (Phi) is 6.37.